The van der Waals surface area contributed by atoms with Gasteiger partial charge < -0.3 is 14.6 Å². The number of rotatable bonds is 4. The Morgan fingerprint density at radius 3 is 2.69 bits per heavy atom. The number of ether oxygens (including phenoxy) is 2. The van der Waals surface area contributed by atoms with Crippen molar-refractivity contribution >= 4 is 11.5 Å². The van der Waals surface area contributed by atoms with Crippen molar-refractivity contribution in [1.82, 2.24) is 0 Å². The smallest absolute Gasteiger partial charge is 0.336 e. The van der Waals surface area contributed by atoms with Crippen molar-refractivity contribution in [2.24, 2.45) is 0 Å². The van der Waals surface area contributed by atoms with E-state index in [9.17, 15) is 9.90 Å². The first-order valence-electron chi connectivity index (χ1n) is 9.07. The lowest BCUT2D eigenvalue weighted by molar-refractivity contribution is -0.156. The van der Waals surface area contributed by atoms with Gasteiger partial charge in [0.15, 0.2) is 6.10 Å². The summed E-state index contributed by atoms with van der Waals surface area (Å²) < 4.78 is 11.3. The van der Waals surface area contributed by atoms with Gasteiger partial charge in [-0.2, -0.15) is 0 Å². The molecule has 4 heteroatoms. The summed E-state index contributed by atoms with van der Waals surface area (Å²) in [6.07, 6.45) is 0.418. The Labute approximate surface area is 153 Å². The van der Waals surface area contributed by atoms with E-state index in [0.29, 0.717) is 12.4 Å². The highest BCUT2D eigenvalue weighted by atomic mass is 16.5. The number of carbonyl (C=O) groups is 1. The number of allylic oxidation sites excluding steroid dienone is 1. The molecule has 0 aromatic heterocycles. The molecule has 1 N–H and O–H groups in total. The maximum Gasteiger partial charge on any atom is 0.336 e. The molecular formula is C22H22O4. The molecule has 0 spiro atoms. The molecule has 0 fully saturated rings. The van der Waals surface area contributed by atoms with Crippen LogP contribution in [0.2, 0.25) is 0 Å². The molecule has 26 heavy (non-hydrogen) atoms. The quantitative estimate of drug-likeness (QED) is 0.859. The molecule has 1 aliphatic heterocycles. The molecular weight excluding hydrogens is 328 g/mol. The number of esters is 1. The van der Waals surface area contributed by atoms with Gasteiger partial charge in [-0.3, -0.25) is 0 Å². The molecule has 0 amide bonds. The van der Waals surface area contributed by atoms with E-state index in [1.807, 2.05) is 54.6 Å². The van der Waals surface area contributed by atoms with E-state index < -0.39 is 17.5 Å². The SMILES string of the molecule is CCOC(=O)C(O)C1(c2ccccc2)C2=C(CCCO2)c2ccccc21. The van der Waals surface area contributed by atoms with Crippen molar-refractivity contribution in [2.45, 2.75) is 31.3 Å². The maximum absolute atomic E-state index is 12.6. The molecule has 2 aromatic carbocycles. The minimum Gasteiger partial charge on any atom is -0.496 e. The number of hydrogen-bond donors (Lipinski definition) is 1. The van der Waals surface area contributed by atoms with Gasteiger partial charge in [-0.1, -0.05) is 54.6 Å². The van der Waals surface area contributed by atoms with Gasteiger partial charge in [0.05, 0.1) is 13.2 Å². The van der Waals surface area contributed by atoms with Crippen LogP contribution in [0.25, 0.3) is 5.57 Å². The fourth-order valence-electron chi connectivity index (χ4n) is 4.26. The summed E-state index contributed by atoms with van der Waals surface area (Å²) in [6.45, 7) is 2.54. The van der Waals surface area contributed by atoms with Crippen molar-refractivity contribution in [3.8, 4) is 0 Å². The minimum atomic E-state index is -1.38. The summed E-state index contributed by atoms with van der Waals surface area (Å²) in [6, 6.07) is 17.6. The van der Waals surface area contributed by atoms with Crippen molar-refractivity contribution in [3.05, 3.63) is 77.0 Å². The van der Waals surface area contributed by atoms with E-state index >= 15 is 0 Å². The highest BCUT2D eigenvalue weighted by Gasteiger charge is 2.56. The Morgan fingerprint density at radius 2 is 1.92 bits per heavy atom. The largest absolute Gasteiger partial charge is 0.496 e. The van der Waals surface area contributed by atoms with E-state index in [1.54, 1.807) is 6.92 Å². The van der Waals surface area contributed by atoms with Gasteiger partial charge in [0.25, 0.3) is 0 Å². The van der Waals surface area contributed by atoms with E-state index in [4.69, 9.17) is 9.47 Å². The lowest BCUT2D eigenvalue weighted by atomic mass is 9.70. The first-order valence-corrected chi connectivity index (χ1v) is 9.07. The van der Waals surface area contributed by atoms with Crippen LogP contribution in [-0.4, -0.2) is 30.4 Å². The molecule has 4 rings (SSSR count). The second kappa shape index (κ2) is 6.61. The van der Waals surface area contributed by atoms with E-state index in [1.165, 1.54) is 0 Å². The lowest BCUT2D eigenvalue weighted by Gasteiger charge is -2.37. The van der Waals surface area contributed by atoms with E-state index in [0.717, 1.165) is 35.1 Å². The molecule has 2 unspecified atom stereocenters. The van der Waals surface area contributed by atoms with Crippen molar-refractivity contribution < 1.29 is 19.4 Å². The van der Waals surface area contributed by atoms with Crippen LogP contribution >= 0.6 is 0 Å². The normalized spacial score (nSPS) is 22.2. The van der Waals surface area contributed by atoms with Gasteiger partial charge in [0.1, 0.15) is 11.2 Å². The summed E-state index contributed by atoms with van der Waals surface area (Å²) in [5, 5.41) is 11.2. The average molecular weight is 350 g/mol. The first kappa shape index (κ1) is 16.9. The molecule has 0 saturated carbocycles. The summed E-state index contributed by atoms with van der Waals surface area (Å²) in [4.78, 5) is 12.6. The third kappa shape index (κ3) is 2.29. The van der Waals surface area contributed by atoms with Crippen LogP contribution in [0.3, 0.4) is 0 Å². The molecule has 1 heterocycles. The second-order valence-electron chi connectivity index (χ2n) is 6.63. The topological polar surface area (TPSA) is 55.8 Å². The Hall–Kier alpha value is -2.59. The monoisotopic (exact) mass is 350 g/mol. The van der Waals surface area contributed by atoms with E-state index in [2.05, 4.69) is 0 Å². The highest BCUT2D eigenvalue weighted by molar-refractivity contribution is 5.88. The standard InChI is InChI=1S/C22H22O4/c1-2-25-21(24)19(23)22(15-9-4-3-5-10-15)18-13-7-6-11-16(18)17-12-8-14-26-20(17)22/h3-7,9-11,13,19,23H,2,8,12,14H2,1H3. The first-order chi connectivity index (χ1) is 12.7. The molecule has 134 valence electrons. The number of carbonyl (C=O) groups excluding carboxylic acids is 1. The lowest BCUT2D eigenvalue weighted by Crippen LogP contribution is -2.47. The van der Waals surface area contributed by atoms with E-state index in [-0.39, 0.29) is 6.61 Å². The fourth-order valence-corrected chi connectivity index (χ4v) is 4.26. The van der Waals surface area contributed by atoms with Crippen LogP contribution in [0.1, 0.15) is 36.5 Å². The van der Waals surface area contributed by atoms with Gasteiger partial charge in [-0.15, -0.1) is 0 Å². The highest BCUT2D eigenvalue weighted by Crippen LogP contribution is 2.55. The molecule has 4 nitrogen and oxygen atoms in total. The van der Waals surface area contributed by atoms with Crippen LogP contribution in [0, 0.1) is 0 Å². The summed E-state index contributed by atoms with van der Waals surface area (Å²) in [7, 11) is 0. The molecule has 2 atom stereocenters. The Morgan fingerprint density at radius 1 is 1.19 bits per heavy atom. The Kier molecular flexibility index (Phi) is 4.29. The van der Waals surface area contributed by atoms with Crippen molar-refractivity contribution in [3.63, 3.8) is 0 Å². The third-order valence-electron chi connectivity index (χ3n) is 5.28. The van der Waals surface area contributed by atoms with Crippen LogP contribution in [-0.2, 0) is 19.7 Å². The predicted octanol–water partition coefficient (Wildman–Crippen LogP) is 3.43. The zero-order valence-corrected chi connectivity index (χ0v) is 14.8. The summed E-state index contributed by atoms with van der Waals surface area (Å²) >= 11 is 0. The maximum atomic E-state index is 12.6. The van der Waals surface area contributed by atoms with Crippen LogP contribution < -0.4 is 0 Å². The number of benzene rings is 2. The third-order valence-corrected chi connectivity index (χ3v) is 5.28. The molecule has 0 radical (unpaired) electrons. The van der Waals surface area contributed by atoms with Crippen LogP contribution in [0.4, 0.5) is 0 Å². The molecule has 2 aliphatic rings. The fraction of sp³-hybridized carbons (Fsp3) is 0.318. The molecule has 0 saturated heterocycles. The molecule has 0 bridgehead atoms. The second-order valence-corrected chi connectivity index (χ2v) is 6.63. The number of aliphatic hydroxyl groups excluding tert-OH is 1. The number of hydrogen-bond acceptors (Lipinski definition) is 4. The van der Waals surface area contributed by atoms with Crippen LogP contribution in [0.5, 0.6) is 0 Å². The molecule has 2 aromatic rings. The average Bonchev–Trinajstić information content (AvgIpc) is 3.00. The minimum absolute atomic E-state index is 0.217. The Balaban J connectivity index is 2.02. The van der Waals surface area contributed by atoms with Gasteiger partial charge in [-0.25, -0.2) is 4.79 Å². The van der Waals surface area contributed by atoms with Crippen LogP contribution in [0.15, 0.2) is 60.4 Å². The van der Waals surface area contributed by atoms with Gasteiger partial charge >= 0.3 is 5.97 Å². The van der Waals surface area contributed by atoms with Crippen molar-refractivity contribution in [1.29, 1.82) is 0 Å². The summed E-state index contributed by atoms with van der Waals surface area (Å²) in [5.74, 6) is 0.0609. The molecule has 1 aliphatic carbocycles. The zero-order chi connectivity index (χ0) is 18.1. The summed E-state index contributed by atoms with van der Waals surface area (Å²) in [5.41, 5.74) is 2.80. The van der Waals surface area contributed by atoms with Gasteiger partial charge in [0.2, 0.25) is 0 Å². The zero-order valence-electron chi connectivity index (χ0n) is 14.8. The number of fused-ring (bicyclic) bond motifs is 2. The van der Waals surface area contributed by atoms with Crippen molar-refractivity contribution in [2.75, 3.05) is 13.2 Å². The predicted molar refractivity (Wildman–Crippen MR) is 98.4 cm³/mol. The van der Waals surface area contributed by atoms with Gasteiger partial charge in [0, 0.05) is 0 Å². The number of aliphatic hydroxyl groups is 1. The van der Waals surface area contributed by atoms with Gasteiger partial charge in [-0.05, 0) is 42.0 Å². The Bertz CT molecular complexity index is 855.